The number of guanidine groups is 1. The van der Waals surface area contributed by atoms with Crippen molar-refractivity contribution in [1.29, 1.82) is 5.41 Å². The number of esters is 1. The van der Waals surface area contributed by atoms with Gasteiger partial charge in [0.05, 0.1) is 30.8 Å². The Kier molecular flexibility index (Phi) is 10.6. The molecule has 6 N–H and O–H groups in total. The van der Waals surface area contributed by atoms with E-state index >= 15 is 0 Å². The molecule has 0 bridgehead atoms. The number of hydrogen-bond acceptors (Lipinski definition) is 8. The van der Waals surface area contributed by atoms with Gasteiger partial charge in [0.1, 0.15) is 6.04 Å². The summed E-state index contributed by atoms with van der Waals surface area (Å²) in [6, 6.07) is 7.44. The molecule has 0 unspecified atom stereocenters. The highest BCUT2D eigenvalue weighted by atomic mass is 16.6. The van der Waals surface area contributed by atoms with Gasteiger partial charge in [-0.1, -0.05) is 19.9 Å². The first-order valence-corrected chi connectivity index (χ1v) is 13.0. The maximum absolute atomic E-state index is 13.8. The Morgan fingerprint density at radius 3 is 2.61 bits per heavy atom. The molecule has 1 aliphatic heterocycles. The minimum absolute atomic E-state index is 0.0184. The quantitative estimate of drug-likeness (QED) is 0.0873. The molecular formula is C28H34N4O9. The number of carboxylic acids is 2. The van der Waals surface area contributed by atoms with Gasteiger partial charge in [0.15, 0.2) is 17.5 Å². The maximum atomic E-state index is 13.8. The molecule has 0 aliphatic carbocycles. The Bertz CT molecular complexity index is 1310. The Labute approximate surface area is 236 Å². The summed E-state index contributed by atoms with van der Waals surface area (Å²) in [5.41, 5.74) is 6.77. The molecule has 41 heavy (non-hydrogen) atoms. The monoisotopic (exact) mass is 570 g/mol. The molecule has 1 amide bonds. The molecule has 2 aromatic carbocycles. The third-order valence-corrected chi connectivity index (χ3v) is 6.07. The zero-order valence-electron chi connectivity index (χ0n) is 22.8. The highest BCUT2D eigenvalue weighted by Crippen LogP contribution is 2.35. The topological polar surface area (TPSA) is 202 Å². The molecule has 0 fully saturated rings. The second kappa shape index (κ2) is 14.1. The van der Waals surface area contributed by atoms with Crippen LogP contribution >= 0.6 is 0 Å². The number of anilines is 1. The minimum atomic E-state index is -1.68. The van der Waals surface area contributed by atoms with Gasteiger partial charge in [-0.15, -0.1) is 0 Å². The zero-order chi connectivity index (χ0) is 30.1. The van der Waals surface area contributed by atoms with Crippen molar-refractivity contribution in [3.8, 4) is 11.5 Å². The fourth-order valence-corrected chi connectivity index (χ4v) is 4.27. The first-order valence-electron chi connectivity index (χ1n) is 13.0. The molecule has 0 saturated carbocycles. The van der Waals surface area contributed by atoms with Crippen molar-refractivity contribution in [2.45, 2.75) is 39.2 Å². The minimum Gasteiger partial charge on any atom is -0.489 e. The van der Waals surface area contributed by atoms with Crippen molar-refractivity contribution in [3.05, 3.63) is 53.1 Å². The molecule has 0 radical (unpaired) electrons. The lowest BCUT2D eigenvalue weighted by molar-refractivity contribution is -0.149. The molecule has 2 aromatic rings. The van der Waals surface area contributed by atoms with Crippen LogP contribution in [0.3, 0.4) is 0 Å². The van der Waals surface area contributed by atoms with Crippen molar-refractivity contribution < 1.29 is 43.6 Å². The summed E-state index contributed by atoms with van der Waals surface area (Å²) < 4.78 is 17.1. The lowest BCUT2D eigenvalue weighted by Crippen LogP contribution is -2.48. The molecule has 220 valence electrons. The summed E-state index contributed by atoms with van der Waals surface area (Å²) >= 11 is 0. The van der Waals surface area contributed by atoms with Crippen LogP contribution in [-0.2, 0) is 20.7 Å². The number of carbonyl (C=O) groups excluding carboxylic acids is 2. The molecule has 1 atom stereocenters. The molecule has 1 heterocycles. The Morgan fingerprint density at radius 1 is 1.20 bits per heavy atom. The number of nitrogens with one attached hydrogen (secondary N) is 2. The number of rotatable bonds is 11. The van der Waals surface area contributed by atoms with Crippen LogP contribution in [0.1, 0.15) is 53.0 Å². The van der Waals surface area contributed by atoms with E-state index < -0.39 is 36.3 Å². The number of aliphatic carboxylic acids is 2. The number of amides is 1. The van der Waals surface area contributed by atoms with Gasteiger partial charge in [-0.2, -0.15) is 0 Å². The van der Waals surface area contributed by atoms with E-state index in [1.165, 1.54) is 18.2 Å². The lowest BCUT2D eigenvalue weighted by Gasteiger charge is -2.29. The van der Waals surface area contributed by atoms with E-state index in [1.54, 1.807) is 18.2 Å². The third kappa shape index (κ3) is 8.42. The fraction of sp³-hybridized carbons (Fsp3) is 0.393. The van der Waals surface area contributed by atoms with Gasteiger partial charge in [-0.25, -0.2) is 9.59 Å². The van der Waals surface area contributed by atoms with Crippen molar-refractivity contribution in [2.24, 2.45) is 11.7 Å². The van der Waals surface area contributed by atoms with Crippen LogP contribution in [0.5, 0.6) is 11.5 Å². The molecule has 13 heteroatoms. The fourth-order valence-electron chi connectivity index (χ4n) is 4.27. The Balaban J connectivity index is 1.97. The summed E-state index contributed by atoms with van der Waals surface area (Å²) in [6.45, 7) is 4.14. The number of hydrogen-bond donors (Lipinski definition) is 5. The smallest absolute Gasteiger partial charge is 0.343 e. The Hall–Kier alpha value is -4.65. The van der Waals surface area contributed by atoms with Crippen molar-refractivity contribution in [2.75, 3.05) is 31.7 Å². The van der Waals surface area contributed by atoms with Gasteiger partial charge in [0, 0.05) is 18.8 Å². The van der Waals surface area contributed by atoms with Gasteiger partial charge in [-0.05, 0) is 54.7 Å². The normalized spacial score (nSPS) is 13.6. The first kappa shape index (κ1) is 30.9. The number of nitrogens with two attached hydrogens (primary N) is 1. The molecule has 0 saturated heterocycles. The number of nitrogens with zero attached hydrogens (tertiary/aromatic N) is 1. The highest BCUT2D eigenvalue weighted by Gasteiger charge is 2.34. The maximum Gasteiger partial charge on any atom is 0.343 e. The van der Waals surface area contributed by atoms with Crippen molar-refractivity contribution in [3.63, 3.8) is 0 Å². The summed E-state index contributed by atoms with van der Waals surface area (Å²) in [4.78, 5) is 51.4. The van der Waals surface area contributed by atoms with Crippen molar-refractivity contribution in [1.82, 2.24) is 4.90 Å². The molecule has 1 aliphatic rings. The van der Waals surface area contributed by atoms with Crippen LogP contribution in [0.2, 0.25) is 0 Å². The van der Waals surface area contributed by atoms with Crippen LogP contribution < -0.4 is 20.5 Å². The number of carboxylic acid groups (broad SMARTS) is 2. The van der Waals surface area contributed by atoms with E-state index in [2.05, 4.69) is 5.32 Å². The number of para-hydroxylation sites is 1. The van der Waals surface area contributed by atoms with Crippen LogP contribution in [0.25, 0.3) is 0 Å². The summed E-state index contributed by atoms with van der Waals surface area (Å²) in [5.74, 6) is -4.57. The number of fused-ring (bicyclic) bond motifs is 2. The number of aryl methyl sites for hydroxylation is 1. The number of carbonyl (C=O) groups is 4. The van der Waals surface area contributed by atoms with Gasteiger partial charge >= 0.3 is 17.9 Å². The summed E-state index contributed by atoms with van der Waals surface area (Å²) in [5, 5.41) is 29.2. The van der Waals surface area contributed by atoms with E-state index in [0.717, 1.165) is 4.90 Å². The summed E-state index contributed by atoms with van der Waals surface area (Å²) in [7, 11) is 0. The zero-order valence-corrected chi connectivity index (χ0v) is 22.8. The second-order valence-electron chi connectivity index (χ2n) is 9.80. The van der Waals surface area contributed by atoms with Crippen LogP contribution in [-0.4, -0.2) is 77.3 Å². The Morgan fingerprint density at radius 2 is 1.95 bits per heavy atom. The van der Waals surface area contributed by atoms with E-state index in [-0.39, 0.29) is 54.3 Å². The van der Waals surface area contributed by atoms with E-state index in [1.807, 2.05) is 13.8 Å². The van der Waals surface area contributed by atoms with Crippen LogP contribution in [0.4, 0.5) is 5.69 Å². The summed E-state index contributed by atoms with van der Waals surface area (Å²) in [6.07, 6.45) is 0.0188. The van der Waals surface area contributed by atoms with Gasteiger partial charge in [-0.3, -0.25) is 15.0 Å². The first-order chi connectivity index (χ1) is 19.5. The van der Waals surface area contributed by atoms with Gasteiger partial charge in [0.25, 0.3) is 5.91 Å². The van der Waals surface area contributed by atoms with Crippen molar-refractivity contribution >= 4 is 35.5 Å². The standard InChI is InChI=1S/C28H34N4O9/c1-16(2)15-39-12-10-32(21(26(36)37)14-23(33)34)25(35)20-6-3-7-22-24(20)40-11-4-5-17-13-18(31-28(29)30)8-9-19(17)27(38)41-22/h3,6-9,13,16,21H,4-5,10-12,14-15H2,1-2H3,(H,33,34)(H,36,37)(H4,29,30,31)/t21-/m0/s1. The lowest BCUT2D eigenvalue weighted by atomic mass is 10.0. The average molecular weight is 571 g/mol. The molecule has 13 nitrogen and oxygen atoms in total. The number of benzene rings is 2. The predicted molar refractivity (Wildman–Crippen MR) is 148 cm³/mol. The molecular weight excluding hydrogens is 536 g/mol. The third-order valence-electron chi connectivity index (χ3n) is 6.07. The van der Waals surface area contributed by atoms with Gasteiger partial charge < -0.3 is 40.4 Å². The molecule has 0 spiro atoms. The van der Waals surface area contributed by atoms with Crippen LogP contribution in [0, 0.1) is 11.3 Å². The van der Waals surface area contributed by atoms with E-state index in [0.29, 0.717) is 30.7 Å². The van der Waals surface area contributed by atoms with E-state index in [9.17, 15) is 29.4 Å². The number of ether oxygens (including phenoxy) is 3. The van der Waals surface area contributed by atoms with E-state index in [4.69, 9.17) is 25.4 Å². The second-order valence-corrected chi connectivity index (χ2v) is 9.80. The van der Waals surface area contributed by atoms with Crippen LogP contribution in [0.15, 0.2) is 36.4 Å². The highest BCUT2D eigenvalue weighted by molar-refractivity contribution is 6.01. The predicted octanol–water partition coefficient (Wildman–Crippen LogP) is 2.58. The molecule has 3 rings (SSSR count). The van der Waals surface area contributed by atoms with Gasteiger partial charge in [0.2, 0.25) is 0 Å². The SMILES string of the molecule is CC(C)COCCN(C(=O)c1cccc2c1OCCCc1cc(NC(=N)N)ccc1C(=O)O2)[C@@H](CC(=O)O)C(=O)O. The average Bonchev–Trinajstić information content (AvgIpc) is 2.89. The largest absolute Gasteiger partial charge is 0.489 e. The molecule has 0 aromatic heterocycles.